The lowest BCUT2D eigenvalue weighted by molar-refractivity contribution is -0.137. The number of fused-ring (bicyclic) bond motifs is 1. The minimum atomic E-state index is -0.782. The molecule has 90 valence electrons. The number of carboxylic acids is 1. The Kier molecular flexibility index (Phi) is 3.27. The monoisotopic (exact) mass is 234 g/mol. The molecule has 1 heterocycles. The summed E-state index contributed by atoms with van der Waals surface area (Å²) < 4.78 is 5.55. The van der Waals surface area contributed by atoms with Gasteiger partial charge in [-0.3, -0.25) is 4.79 Å². The fourth-order valence-electron chi connectivity index (χ4n) is 1.59. The lowest BCUT2D eigenvalue weighted by atomic mass is 10.3. The molecule has 5 nitrogen and oxygen atoms in total. The molecule has 2 aromatic rings. The van der Waals surface area contributed by atoms with Gasteiger partial charge in [0.25, 0.3) is 6.01 Å². The standard InChI is InChI=1S/C12H14N2O3/c1-14(8-4-7-11(15)16)12-13-9-5-2-3-6-10(9)17-12/h2-3,5-6H,4,7-8H2,1H3,(H,15,16). The van der Waals surface area contributed by atoms with Crippen molar-refractivity contribution >= 4 is 23.1 Å². The highest BCUT2D eigenvalue weighted by Gasteiger charge is 2.09. The fourth-order valence-corrected chi connectivity index (χ4v) is 1.59. The van der Waals surface area contributed by atoms with Crippen LogP contribution in [0.25, 0.3) is 11.1 Å². The van der Waals surface area contributed by atoms with Crippen LogP contribution in [0.4, 0.5) is 6.01 Å². The lowest BCUT2D eigenvalue weighted by Crippen LogP contribution is -2.19. The molecular weight excluding hydrogens is 220 g/mol. The number of aromatic nitrogens is 1. The van der Waals surface area contributed by atoms with Crippen LogP contribution in [0.1, 0.15) is 12.8 Å². The summed E-state index contributed by atoms with van der Waals surface area (Å²) in [7, 11) is 1.84. The van der Waals surface area contributed by atoms with Gasteiger partial charge in [0.05, 0.1) is 0 Å². The first-order chi connectivity index (χ1) is 8.16. The van der Waals surface area contributed by atoms with E-state index in [0.717, 1.165) is 11.1 Å². The van der Waals surface area contributed by atoms with Crippen LogP contribution in [0.2, 0.25) is 0 Å². The van der Waals surface area contributed by atoms with E-state index in [4.69, 9.17) is 9.52 Å². The number of nitrogens with zero attached hydrogens (tertiary/aromatic N) is 2. The summed E-state index contributed by atoms with van der Waals surface area (Å²) in [6, 6.07) is 8.06. The Bertz CT molecular complexity index is 488. The van der Waals surface area contributed by atoms with E-state index in [9.17, 15) is 4.79 Å². The molecule has 0 fully saturated rings. The fraction of sp³-hybridized carbons (Fsp3) is 0.333. The third-order valence-electron chi connectivity index (χ3n) is 2.49. The first kappa shape index (κ1) is 11.4. The predicted molar refractivity (Wildman–Crippen MR) is 64.1 cm³/mol. The summed E-state index contributed by atoms with van der Waals surface area (Å²) in [6.07, 6.45) is 0.731. The van der Waals surface area contributed by atoms with Crippen LogP contribution in [0, 0.1) is 0 Å². The Morgan fingerprint density at radius 3 is 2.94 bits per heavy atom. The van der Waals surface area contributed by atoms with Crippen LogP contribution in [0.3, 0.4) is 0 Å². The molecule has 0 spiro atoms. The van der Waals surface area contributed by atoms with Crippen LogP contribution >= 0.6 is 0 Å². The first-order valence-electron chi connectivity index (χ1n) is 5.45. The minimum absolute atomic E-state index is 0.157. The van der Waals surface area contributed by atoms with E-state index in [1.807, 2.05) is 36.2 Å². The zero-order chi connectivity index (χ0) is 12.3. The van der Waals surface area contributed by atoms with Crippen molar-refractivity contribution in [2.75, 3.05) is 18.5 Å². The number of rotatable bonds is 5. The minimum Gasteiger partial charge on any atom is -0.481 e. The quantitative estimate of drug-likeness (QED) is 0.858. The van der Waals surface area contributed by atoms with Crippen molar-refractivity contribution in [3.63, 3.8) is 0 Å². The van der Waals surface area contributed by atoms with Crippen molar-refractivity contribution in [1.29, 1.82) is 0 Å². The maximum Gasteiger partial charge on any atom is 0.303 e. The zero-order valence-electron chi connectivity index (χ0n) is 9.59. The molecule has 0 unspecified atom stereocenters. The number of oxazole rings is 1. The van der Waals surface area contributed by atoms with E-state index in [1.54, 1.807) is 0 Å². The van der Waals surface area contributed by atoms with Crippen molar-refractivity contribution in [3.05, 3.63) is 24.3 Å². The Hall–Kier alpha value is -2.04. The van der Waals surface area contributed by atoms with Gasteiger partial charge in [-0.05, 0) is 18.6 Å². The molecule has 0 radical (unpaired) electrons. The summed E-state index contributed by atoms with van der Waals surface area (Å²) in [4.78, 5) is 16.5. The first-order valence-corrected chi connectivity index (χ1v) is 5.45. The SMILES string of the molecule is CN(CCCC(=O)O)c1nc2ccccc2o1. The maximum atomic E-state index is 10.4. The van der Waals surface area contributed by atoms with Crippen molar-refractivity contribution < 1.29 is 14.3 Å². The number of carboxylic acid groups (broad SMARTS) is 1. The number of hydrogen-bond acceptors (Lipinski definition) is 4. The van der Waals surface area contributed by atoms with Gasteiger partial charge < -0.3 is 14.4 Å². The van der Waals surface area contributed by atoms with Crippen molar-refractivity contribution in [2.24, 2.45) is 0 Å². The number of hydrogen-bond donors (Lipinski definition) is 1. The number of benzene rings is 1. The molecule has 0 amide bonds. The summed E-state index contributed by atoms with van der Waals surface area (Å²) in [5.74, 6) is -0.782. The maximum absolute atomic E-state index is 10.4. The topological polar surface area (TPSA) is 66.6 Å². The Balaban J connectivity index is 2.03. The molecule has 1 N–H and O–H groups in total. The Morgan fingerprint density at radius 1 is 1.47 bits per heavy atom. The molecule has 5 heteroatoms. The van der Waals surface area contributed by atoms with Crippen LogP contribution in [0.15, 0.2) is 28.7 Å². The van der Waals surface area contributed by atoms with Crippen LogP contribution in [-0.4, -0.2) is 29.7 Å². The van der Waals surface area contributed by atoms with E-state index in [0.29, 0.717) is 19.0 Å². The third-order valence-corrected chi connectivity index (χ3v) is 2.49. The lowest BCUT2D eigenvalue weighted by Gasteiger charge is -2.12. The average molecular weight is 234 g/mol. The van der Waals surface area contributed by atoms with Crippen molar-refractivity contribution in [2.45, 2.75) is 12.8 Å². The number of carbonyl (C=O) groups is 1. The van der Waals surface area contributed by atoms with E-state index in [1.165, 1.54) is 0 Å². The van der Waals surface area contributed by atoms with Gasteiger partial charge in [-0.25, -0.2) is 0 Å². The zero-order valence-corrected chi connectivity index (χ0v) is 9.59. The molecular formula is C12H14N2O3. The molecule has 2 rings (SSSR count). The molecule has 0 aliphatic carbocycles. The van der Waals surface area contributed by atoms with Gasteiger partial charge in [-0.1, -0.05) is 12.1 Å². The summed E-state index contributed by atoms with van der Waals surface area (Å²) >= 11 is 0. The van der Waals surface area contributed by atoms with E-state index in [-0.39, 0.29) is 6.42 Å². The van der Waals surface area contributed by atoms with Gasteiger partial charge in [-0.2, -0.15) is 4.98 Å². The molecule has 1 aromatic heterocycles. The summed E-state index contributed by atoms with van der Waals surface area (Å²) in [6.45, 7) is 0.610. The van der Waals surface area contributed by atoms with Gasteiger partial charge in [0, 0.05) is 20.0 Å². The van der Waals surface area contributed by atoms with Gasteiger partial charge >= 0.3 is 5.97 Å². The van der Waals surface area contributed by atoms with Crippen LogP contribution in [0.5, 0.6) is 0 Å². The molecule has 1 aromatic carbocycles. The summed E-state index contributed by atoms with van der Waals surface area (Å²) in [5, 5.41) is 8.55. The molecule has 0 aliphatic heterocycles. The Labute approximate surface area is 98.7 Å². The third kappa shape index (κ3) is 2.75. The average Bonchev–Trinajstić information content (AvgIpc) is 2.71. The number of anilines is 1. The van der Waals surface area contributed by atoms with Gasteiger partial charge in [0.1, 0.15) is 5.52 Å². The van der Waals surface area contributed by atoms with Crippen LogP contribution in [-0.2, 0) is 4.79 Å². The second-order valence-electron chi connectivity index (χ2n) is 3.88. The predicted octanol–water partition coefficient (Wildman–Crippen LogP) is 2.13. The molecule has 0 aliphatic rings. The van der Waals surface area contributed by atoms with E-state index in [2.05, 4.69) is 4.98 Å². The molecule has 0 bridgehead atoms. The highest BCUT2D eigenvalue weighted by Crippen LogP contribution is 2.20. The molecule has 0 atom stereocenters. The van der Waals surface area contributed by atoms with Gasteiger partial charge in [0.2, 0.25) is 0 Å². The highest BCUT2D eigenvalue weighted by atomic mass is 16.4. The van der Waals surface area contributed by atoms with E-state index >= 15 is 0 Å². The normalized spacial score (nSPS) is 10.6. The molecule has 17 heavy (non-hydrogen) atoms. The van der Waals surface area contributed by atoms with Gasteiger partial charge in [0.15, 0.2) is 5.58 Å². The smallest absolute Gasteiger partial charge is 0.303 e. The molecule has 0 saturated carbocycles. The Morgan fingerprint density at radius 2 is 2.24 bits per heavy atom. The van der Waals surface area contributed by atoms with Crippen LogP contribution < -0.4 is 4.90 Å². The van der Waals surface area contributed by atoms with Gasteiger partial charge in [-0.15, -0.1) is 0 Å². The molecule has 0 saturated heterocycles. The largest absolute Gasteiger partial charge is 0.481 e. The number of aliphatic carboxylic acids is 1. The summed E-state index contributed by atoms with van der Waals surface area (Å²) in [5.41, 5.74) is 1.56. The number of para-hydroxylation sites is 2. The van der Waals surface area contributed by atoms with E-state index < -0.39 is 5.97 Å². The second-order valence-corrected chi connectivity index (χ2v) is 3.88. The highest BCUT2D eigenvalue weighted by molar-refractivity contribution is 5.74. The van der Waals surface area contributed by atoms with Crippen molar-refractivity contribution in [1.82, 2.24) is 4.98 Å². The van der Waals surface area contributed by atoms with Crippen molar-refractivity contribution in [3.8, 4) is 0 Å². The second kappa shape index (κ2) is 4.86.